The molecule has 0 spiro atoms. The molecule has 106 valence electrons. The maximum atomic E-state index is 11.1. The molecule has 0 aliphatic rings. The standard InChI is InChI=1S/C15H22O4/c1-2-3-10-19-13-7-8-14(15(17)18)12(11-13)6-4-5-9-16/h7-8,11,16H,2-6,9-10H2,1H3,(H,17,18). The number of carbonyl (C=O) groups is 1. The van der Waals surface area contributed by atoms with Crippen LogP contribution in [0.25, 0.3) is 0 Å². The second-order valence-corrected chi connectivity index (χ2v) is 4.51. The highest BCUT2D eigenvalue weighted by atomic mass is 16.5. The van der Waals surface area contributed by atoms with Crippen molar-refractivity contribution in [3.8, 4) is 5.75 Å². The summed E-state index contributed by atoms with van der Waals surface area (Å²) in [5.41, 5.74) is 1.09. The predicted octanol–water partition coefficient (Wildman–Crippen LogP) is 2.88. The number of aliphatic hydroxyl groups excluding tert-OH is 1. The molecule has 0 saturated carbocycles. The molecule has 0 aliphatic heterocycles. The fraction of sp³-hybridized carbons (Fsp3) is 0.533. The van der Waals surface area contributed by atoms with Gasteiger partial charge in [0.25, 0.3) is 0 Å². The van der Waals surface area contributed by atoms with Crippen LogP contribution < -0.4 is 4.74 Å². The van der Waals surface area contributed by atoms with Gasteiger partial charge in [0.05, 0.1) is 12.2 Å². The summed E-state index contributed by atoms with van der Waals surface area (Å²) >= 11 is 0. The van der Waals surface area contributed by atoms with E-state index in [2.05, 4.69) is 6.92 Å². The van der Waals surface area contributed by atoms with Crippen LogP contribution in [0.1, 0.15) is 48.5 Å². The molecule has 0 unspecified atom stereocenters. The zero-order chi connectivity index (χ0) is 14.1. The molecular weight excluding hydrogens is 244 g/mol. The molecule has 0 radical (unpaired) electrons. The van der Waals surface area contributed by atoms with Crippen LogP contribution in [-0.4, -0.2) is 29.4 Å². The van der Waals surface area contributed by atoms with E-state index in [4.69, 9.17) is 14.9 Å². The Morgan fingerprint density at radius 1 is 1.26 bits per heavy atom. The monoisotopic (exact) mass is 266 g/mol. The van der Waals surface area contributed by atoms with Crippen LogP contribution in [0, 0.1) is 0 Å². The van der Waals surface area contributed by atoms with Crippen molar-refractivity contribution in [3.63, 3.8) is 0 Å². The highest BCUT2D eigenvalue weighted by Crippen LogP contribution is 2.20. The van der Waals surface area contributed by atoms with Gasteiger partial charge in [-0.1, -0.05) is 13.3 Å². The molecule has 4 heteroatoms. The Morgan fingerprint density at radius 2 is 2.05 bits per heavy atom. The van der Waals surface area contributed by atoms with Crippen molar-refractivity contribution in [3.05, 3.63) is 29.3 Å². The number of hydrogen-bond donors (Lipinski definition) is 2. The summed E-state index contributed by atoms with van der Waals surface area (Å²) in [6.45, 7) is 2.88. The molecule has 0 aliphatic carbocycles. The summed E-state index contributed by atoms with van der Waals surface area (Å²) in [5.74, 6) is -0.198. The molecule has 0 heterocycles. The molecule has 0 saturated heterocycles. The lowest BCUT2D eigenvalue weighted by molar-refractivity contribution is 0.0695. The first kappa shape index (κ1) is 15.5. The summed E-state index contributed by atoms with van der Waals surface area (Å²) in [6, 6.07) is 5.10. The van der Waals surface area contributed by atoms with Crippen LogP contribution in [0.5, 0.6) is 5.75 Å². The molecule has 0 atom stereocenters. The van der Waals surface area contributed by atoms with Gasteiger partial charge in [-0.25, -0.2) is 4.79 Å². The second kappa shape index (κ2) is 8.53. The zero-order valence-corrected chi connectivity index (χ0v) is 11.4. The van der Waals surface area contributed by atoms with Crippen LogP contribution in [0.15, 0.2) is 18.2 Å². The Hall–Kier alpha value is -1.55. The minimum absolute atomic E-state index is 0.134. The van der Waals surface area contributed by atoms with Gasteiger partial charge in [-0.3, -0.25) is 0 Å². The van der Waals surface area contributed by atoms with Gasteiger partial charge < -0.3 is 14.9 Å². The third kappa shape index (κ3) is 5.30. The number of aryl methyl sites for hydroxylation is 1. The fourth-order valence-electron chi connectivity index (χ4n) is 1.84. The lowest BCUT2D eigenvalue weighted by atomic mass is 10.0. The van der Waals surface area contributed by atoms with Crippen molar-refractivity contribution in [1.82, 2.24) is 0 Å². The van der Waals surface area contributed by atoms with Crippen LogP contribution in [0.4, 0.5) is 0 Å². The van der Waals surface area contributed by atoms with Crippen molar-refractivity contribution in [2.75, 3.05) is 13.2 Å². The van der Waals surface area contributed by atoms with Gasteiger partial charge in [0.1, 0.15) is 5.75 Å². The second-order valence-electron chi connectivity index (χ2n) is 4.51. The molecule has 0 amide bonds. The summed E-state index contributed by atoms with van der Waals surface area (Å²) in [6.07, 6.45) is 4.15. The Kier molecular flexibility index (Phi) is 6.97. The van der Waals surface area contributed by atoms with E-state index in [1.165, 1.54) is 0 Å². The number of hydrogen-bond acceptors (Lipinski definition) is 3. The minimum atomic E-state index is -0.917. The molecule has 0 bridgehead atoms. The van der Waals surface area contributed by atoms with Crippen molar-refractivity contribution in [1.29, 1.82) is 0 Å². The molecule has 4 nitrogen and oxygen atoms in total. The molecule has 19 heavy (non-hydrogen) atoms. The number of aromatic carboxylic acids is 1. The third-order valence-electron chi connectivity index (χ3n) is 2.93. The average molecular weight is 266 g/mol. The van der Waals surface area contributed by atoms with Crippen LogP contribution in [0.2, 0.25) is 0 Å². The number of benzene rings is 1. The summed E-state index contributed by atoms with van der Waals surface area (Å²) in [4.78, 5) is 11.1. The Bertz CT molecular complexity index is 401. The quantitative estimate of drug-likeness (QED) is 0.674. The van der Waals surface area contributed by atoms with Gasteiger partial charge in [-0.2, -0.15) is 0 Å². The van der Waals surface area contributed by atoms with Crippen LogP contribution in [-0.2, 0) is 6.42 Å². The van der Waals surface area contributed by atoms with Crippen molar-refractivity contribution in [2.45, 2.75) is 39.0 Å². The highest BCUT2D eigenvalue weighted by molar-refractivity contribution is 5.89. The Balaban J connectivity index is 2.75. The van der Waals surface area contributed by atoms with Crippen molar-refractivity contribution in [2.24, 2.45) is 0 Å². The first-order valence-electron chi connectivity index (χ1n) is 6.79. The summed E-state index contributed by atoms with van der Waals surface area (Å²) < 4.78 is 5.59. The Labute approximate surface area is 114 Å². The minimum Gasteiger partial charge on any atom is -0.494 e. The summed E-state index contributed by atoms with van der Waals surface area (Å²) in [7, 11) is 0. The zero-order valence-electron chi connectivity index (χ0n) is 11.4. The SMILES string of the molecule is CCCCOc1ccc(C(=O)O)c(CCCCO)c1. The topological polar surface area (TPSA) is 66.8 Å². The van der Waals surface area contributed by atoms with Gasteiger partial charge in [-0.15, -0.1) is 0 Å². The maximum absolute atomic E-state index is 11.1. The van der Waals surface area contributed by atoms with Gasteiger partial charge in [-0.05, 0) is 49.4 Å². The largest absolute Gasteiger partial charge is 0.494 e. The van der Waals surface area contributed by atoms with Crippen molar-refractivity contribution >= 4 is 5.97 Å². The van der Waals surface area contributed by atoms with E-state index in [1.54, 1.807) is 18.2 Å². The molecule has 0 aromatic heterocycles. The highest BCUT2D eigenvalue weighted by Gasteiger charge is 2.11. The fourth-order valence-corrected chi connectivity index (χ4v) is 1.84. The van der Waals surface area contributed by atoms with E-state index in [9.17, 15) is 4.79 Å². The number of carboxylic acid groups (broad SMARTS) is 1. The average Bonchev–Trinajstić information content (AvgIpc) is 2.39. The molecule has 2 N–H and O–H groups in total. The van der Waals surface area contributed by atoms with Crippen LogP contribution in [0.3, 0.4) is 0 Å². The number of ether oxygens (including phenoxy) is 1. The lowest BCUT2D eigenvalue weighted by Crippen LogP contribution is -2.04. The third-order valence-corrected chi connectivity index (χ3v) is 2.93. The first-order valence-corrected chi connectivity index (χ1v) is 6.79. The van der Waals surface area contributed by atoms with E-state index in [-0.39, 0.29) is 6.61 Å². The first-order chi connectivity index (χ1) is 9.19. The maximum Gasteiger partial charge on any atom is 0.335 e. The predicted molar refractivity (Wildman–Crippen MR) is 73.8 cm³/mol. The number of carboxylic acids is 1. The molecule has 1 aromatic rings. The van der Waals surface area contributed by atoms with E-state index in [1.807, 2.05) is 0 Å². The van der Waals surface area contributed by atoms with E-state index >= 15 is 0 Å². The van der Waals surface area contributed by atoms with Gasteiger partial charge in [0.2, 0.25) is 0 Å². The van der Waals surface area contributed by atoms with E-state index in [0.717, 1.165) is 30.6 Å². The van der Waals surface area contributed by atoms with E-state index in [0.29, 0.717) is 25.0 Å². The normalized spacial score (nSPS) is 10.4. The number of aliphatic hydroxyl groups is 1. The molecule has 1 aromatic carbocycles. The molecule has 0 fully saturated rings. The van der Waals surface area contributed by atoms with Crippen LogP contribution >= 0.6 is 0 Å². The summed E-state index contributed by atoms with van der Waals surface area (Å²) in [5, 5.41) is 17.9. The van der Waals surface area contributed by atoms with E-state index < -0.39 is 5.97 Å². The number of rotatable bonds is 9. The van der Waals surface area contributed by atoms with Gasteiger partial charge >= 0.3 is 5.97 Å². The van der Waals surface area contributed by atoms with Gasteiger partial charge in [0, 0.05) is 6.61 Å². The Morgan fingerprint density at radius 3 is 2.68 bits per heavy atom. The lowest BCUT2D eigenvalue weighted by Gasteiger charge is -2.10. The molecule has 1 rings (SSSR count). The molecular formula is C15H22O4. The van der Waals surface area contributed by atoms with Gasteiger partial charge in [0.15, 0.2) is 0 Å². The smallest absolute Gasteiger partial charge is 0.335 e. The van der Waals surface area contributed by atoms with Crippen molar-refractivity contribution < 1.29 is 19.7 Å². The number of unbranched alkanes of at least 4 members (excludes halogenated alkanes) is 2.